The molecule has 0 amide bonds. The summed E-state index contributed by atoms with van der Waals surface area (Å²) in [6.45, 7) is 0.118. The van der Waals surface area contributed by atoms with Crippen molar-refractivity contribution in [2.45, 2.75) is 36.6 Å². The number of aliphatic hydroxyl groups excluding tert-OH is 1. The van der Waals surface area contributed by atoms with Crippen molar-refractivity contribution < 1.29 is 17.9 Å². The number of nitriles is 1. The van der Waals surface area contributed by atoms with Crippen LogP contribution in [0.3, 0.4) is 0 Å². The highest BCUT2D eigenvalue weighted by molar-refractivity contribution is 7.89. The Morgan fingerprint density at radius 2 is 2.00 bits per heavy atom. The molecule has 0 atom stereocenters. The summed E-state index contributed by atoms with van der Waals surface area (Å²) < 4.78 is 40.3. The average molecular weight is 326 g/mol. The van der Waals surface area contributed by atoms with Gasteiger partial charge >= 0.3 is 0 Å². The van der Waals surface area contributed by atoms with E-state index in [1.807, 2.05) is 0 Å². The van der Waals surface area contributed by atoms with Gasteiger partial charge < -0.3 is 5.11 Å². The third-order valence-corrected chi connectivity index (χ3v) is 6.25. The van der Waals surface area contributed by atoms with Crippen LogP contribution in [0.1, 0.15) is 31.2 Å². The Bertz CT molecular complexity index is 677. The van der Waals surface area contributed by atoms with Crippen LogP contribution in [0.5, 0.6) is 0 Å². The zero-order valence-electron chi connectivity index (χ0n) is 12.4. The number of benzene rings is 1. The van der Waals surface area contributed by atoms with E-state index in [1.54, 1.807) is 6.07 Å². The highest BCUT2D eigenvalue weighted by atomic mass is 32.2. The molecule has 0 aliphatic heterocycles. The van der Waals surface area contributed by atoms with Crippen molar-refractivity contribution in [2.24, 2.45) is 5.92 Å². The van der Waals surface area contributed by atoms with Crippen LogP contribution in [-0.4, -0.2) is 37.5 Å². The van der Waals surface area contributed by atoms with Gasteiger partial charge in [-0.2, -0.15) is 9.57 Å². The van der Waals surface area contributed by atoms with Crippen molar-refractivity contribution in [1.82, 2.24) is 4.31 Å². The Morgan fingerprint density at radius 3 is 2.50 bits per heavy atom. The minimum Gasteiger partial charge on any atom is -0.396 e. The van der Waals surface area contributed by atoms with Crippen LogP contribution in [0.4, 0.5) is 4.39 Å². The largest absolute Gasteiger partial charge is 0.396 e. The van der Waals surface area contributed by atoms with Gasteiger partial charge in [0.1, 0.15) is 10.7 Å². The van der Waals surface area contributed by atoms with E-state index in [1.165, 1.54) is 17.4 Å². The molecule has 0 radical (unpaired) electrons. The summed E-state index contributed by atoms with van der Waals surface area (Å²) in [5.41, 5.74) is 0.0857. The topological polar surface area (TPSA) is 81.4 Å². The number of sulfonamides is 1. The summed E-state index contributed by atoms with van der Waals surface area (Å²) in [7, 11) is -2.48. The Hall–Kier alpha value is -1.49. The summed E-state index contributed by atoms with van der Waals surface area (Å²) in [4.78, 5) is -0.404. The van der Waals surface area contributed by atoms with Crippen molar-refractivity contribution in [3.8, 4) is 6.07 Å². The summed E-state index contributed by atoms with van der Waals surface area (Å²) in [5.74, 6) is -0.686. The smallest absolute Gasteiger partial charge is 0.245 e. The molecule has 0 bridgehead atoms. The molecule has 0 heterocycles. The zero-order valence-corrected chi connectivity index (χ0v) is 13.2. The van der Waals surface area contributed by atoms with Crippen LogP contribution >= 0.6 is 0 Å². The van der Waals surface area contributed by atoms with Crippen LogP contribution in [0.2, 0.25) is 0 Å². The van der Waals surface area contributed by atoms with Gasteiger partial charge in [-0.15, -0.1) is 0 Å². The van der Waals surface area contributed by atoms with E-state index in [0.717, 1.165) is 25.0 Å². The molecule has 1 aromatic rings. The zero-order chi connectivity index (χ0) is 16.3. The molecule has 1 N–H and O–H groups in total. The van der Waals surface area contributed by atoms with Gasteiger partial charge in [0, 0.05) is 19.7 Å². The monoisotopic (exact) mass is 326 g/mol. The van der Waals surface area contributed by atoms with Crippen LogP contribution < -0.4 is 0 Å². The first-order chi connectivity index (χ1) is 10.4. The minimum absolute atomic E-state index is 0.0857. The summed E-state index contributed by atoms with van der Waals surface area (Å²) in [6, 6.07) is 4.96. The van der Waals surface area contributed by atoms with E-state index in [9.17, 15) is 12.8 Å². The second kappa shape index (κ2) is 6.73. The Kier molecular flexibility index (Phi) is 5.16. The van der Waals surface area contributed by atoms with Crippen molar-refractivity contribution >= 4 is 10.0 Å². The predicted molar refractivity (Wildman–Crippen MR) is 78.9 cm³/mol. The lowest BCUT2D eigenvalue weighted by Gasteiger charge is -2.33. The first-order valence-corrected chi connectivity index (χ1v) is 8.62. The Balaban J connectivity index is 2.22. The standard InChI is InChI=1S/C15H19FN2O3S/c1-18(13-5-2-11(10-19)3-6-13)22(20,21)15-7-4-12(9-17)8-14(15)16/h4,7-8,11,13,19H,2-3,5-6,10H2,1H3. The van der Waals surface area contributed by atoms with Gasteiger partial charge in [0.25, 0.3) is 0 Å². The van der Waals surface area contributed by atoms with Crippen molar-refractivity contribution in [3.05, 3.63) is 29.6 Å². The molecule has 0 unspecified atom stereocenters. The molecule has 1 aromatic carbocycles. The highest BCUT2D eigenvalue weighted by Gasteiger charge is 2.32. The van der Waals surface area contributed by atoms with E-state index < -0.39 is 20.7 Å². The number of hydrogen-bond acceptors (Lipinski definition) is 4. The molecule has 0 aromatic heterocycles. The van der Waals surface area contributed by atoms with E-state index in [-0.39, 0.29) is 24.1 Å². The molecule has 0 spiro atoms. The predicted octanol–water partition coefficient (Wildman–Crippen LogP) is 1.87. The minimum atomic E-state index is -3.93. The van der Waals surface area contributed by atoms with E-state index in [4.69, 9.17) is 10.4 Å². The van der Waals surface area contributed by atoms with Gasteiger partial charge in [0.15, 0.2) is 0 Å². The third-order valence-electron chi connectivity index (χ3n) is 4.31. The fraction of sp³-hybridized carbons (Fsp3) is 0.533. The molecule has 120 valence electrons. The fourth-order valence-corrected chi connectivity index (χ4v) is 4.28. The van der Waals surface area contributed by atoms with Gasteiger partial charge in [0.2, 0.25) is 10.0 Å². The summed E-state index contributed by atoms with van der Waals surface area (Å²) in [6.07, 6.45) is 2.82. The molecular formula is C15H19FN2O3S. The maximum Gasteiger partial charge on any atom is 0.245 e. The molecule has 1 aliphatic rings. The molecule has 2 rings (SSSR count). The van der Waals surface area contributed by atoms with Crippen LogP contribution in [-0.2, 0) is 10.0 Å². The SMILES string of the molecule is CN(C1CCC(CO)CC1)S(=O)(=O)c1ccc(C#N)cc1F. The molecule has 5 nitrogen and oxygen atoms in total. The number of halogens is 1. The normalized spacial score (nSPS) is 22.5. The summed E-state index contributed by atoms with van der Waals surface area (Å²) in [5, 5.41) is 17.9. The Morgan fingerprint density at radius 1 is 1.36 bits per heavy atom. The highest BCUT2D eigenvalue weighted by Crippen LogP contribution is 2.30. The first kappa shape index (κ1) is 16.9. The average Bonchev–Trinajstić information content (AvgIpc) is 2.53. The van der Waals surface area contributed by atoms with Gasteiger partial charge in [-0.1, -0.05) is 0 Å². The van der Waals surface area contributed by atoms with E-state index >= 15 is 0 Å². The second-order valence-corrected chi connectivity index (χ2v) is 7.60. The second-order valence-electron chi connectivity index (χ2n) is 5.64. The molecule has 1 saturated carbocycles. The van der Waals surface area contributed by atoms with Crippen molar-refractivity contribution in [3.63, 3.8) is 0 Å². The third kappa shape index (κ3) is 3.29. The maximum atomic E-state index is 14.0. The lowest BCUT2D eigenvalue weighted by Crippen LogP contribution is -2.40. The molecule has 1 fully saturated rings. The molecule has 22 heavy (non-hydrogen) atoms. The molecule has 7 heteroatoms. The lowest BCUT2D eigenvalue weighted by molar-refractivity contribution is 0.159. The van der Waals surface area contributed by atoms with Gasteiger partial charge in [-0.3, -0.25) is 0 Å². The van der Waals surface area contributed by atoms with Gasteiger partial charge in [0.05, 0.1) is 11.6 Å². The van der Waals surface area contributed by atoms with Crippen LogP contribution in [0.15, 0.2) is 23.1 Å². The molecule has 1 aliphatic carbocycles. The number of hydrogen-bond donors (Lipinski definition) is 1. The number of rotatable bonds is 4. The summed E-state index contributed by atoms with van der Waals surface area (Å²) >= 11 is 0. The lowest BCUT2D eigenvalue weighted by atomic mass is 9.87. The fourth-order valence-electron chi connectivity index (χ4n) is 2.82. The van der Waals surface area contributed by atoms with Crippen molar-refractivity contribution in [1.29, 1.82) is 5.26 Å². The first-order valence-electron chi connectivity index (χ1n) is 7.18. The van der Waals surface area contributed by atoms with Crippen LogP contribution in [0, 0.1) is 23.1 Å². The number of aliphatic hydroxyl groups is 1. The maximum absolute atomic E-state index is 14.0. The van der Waals surface area contributed by atoms with Gasteiger partial charge in [-0.05, 0) is 49.8 Å². The molecular weight excluding hydrogens is 307 g/mol. The number of nitrogens with zero attached hydrogens (tertiary/aromatic N) is 2. The van der Waals surface area contributed by atoms with Gasteiger partial charge in [-0.25, -0.2) is 12.8 Å². The van der Waals surface area contributed by atoms with E-state index in [0.29, 0.717) is 12.8 Å². The van der Waals surface area contributed by atoms with Crippen LogP contribution in [0.25, 0.3) is 0 Å². The van der Waals surface area contributed by atoms with Crippen molar-refractivity contribution in [2.75, 3.05) is 13.7 Å². The molecule has 0 saturated heterocycles. The van der Waals surface area contributed by atoms with E-state index in [2.05, 4.69) is 0 Å². The Labute approximate surface area is 130 Å². The quantitative estimate of drug-likeness (QED) is 0.916.